The lowest BCUT2D eigenvalue weighted by atomic mass is 9.87. The summed E-state index contributed by atoms with van der Waals surface area (Å²) in [4.78, 5) is 0. The third-order valence-electron chi connectivity index (χ3n) is 3.92. The minimum absolute atomic E-state index is 0.167. The minimum Gasteiger partial charge on any atom is -0.505 e. The highest BCUT2D eigenvalue weighted by molar-refractivity contribution is 5.60. The van der Waals surface area contributed by atoms with Crippen LogP contribution < -0.4 is 15.2 Å². The standard InChI is InChI=1S/C13H16FNO3/c1-7(15)13(2-3-13)10-11(16)8(14)6-9-12(10)18-5-4-17-9/h6-7,16H,2-5,15H2,1H3. The smallest absolute Gasteiger partial charge is 0.169 e. The Morgan fingerprint density at radius 2 is 2.06 bits per heavy atom. The topological polar surface area (TPSA) is 64.7 Å². The van der Waals surface area contributed by atoms with Crippen molar-refractivity contribution in [2.24, 2.45) is 5.73 Å². The van der Waals surface area contributed by atoms with Crippen LogP contribution in [0.15, 0.2) is 6.07 Å². The highest BCUT2D eigenvalue weighted by Gasteiger charge is 2.52. The zero-order valence-corrected chi connectivity index (χ0v) is 10.2. The molecule has 0 spiro atoms. The van der Waals surface area contributed by atoms with Crippen LogP contribution in [0.3, 0.4) is 0 Å². The number of aromatic hydroxyl groups is 1. The second-order valence-corrected chi connectivity index (χ2v) is 5.05. The van der Waals surface area contributed by atoms with Crippen LogP contribution in [-0.2, 0) is 5.41 Å². The van der Waals surface area contributed by atoms with E-state index in [1.165, 1.54) is 6.07 Å². The number of hydrogen-bond acceptors (Lipinski definition) is 4. The molecule has 0 amide bonds. The van der Waals surface area contributed by atoms with Crippen molar-refractivity contribution in [2.75, 3.05) is 13.2 Å². The number of hydrogen-bond donors (Lipinski definition) is 2. The maximum atomic E-state index is 13.8. The Labute approximate surface area is 105 Å². The lowest BCUT2D eigenvalue weighted by Crippen LogP contribution is -2.33. The zero-order chi connectivity index (χ0) is 12.9. The van der Waals surface area contributed by atoms with Crippen molar-refractivity contribution in [3.63, 3.8) is 0 Å². The highest BCUT2D eigenvalue weighted by Crippen LogP contribution is 2.58. The second-order valence-electron chi connectivity index (χ2n) is 5.05. The van der Waals surface area contributed by atoms with Gasteiger partial charge in [-0.15, -0.1) is 0 Å². The third-order valence-corrected chi connectivity index (χ3v) is 3.92. The maximum absolute atomic E-state index is 13.8. The van der Waals surface area contributed by atoms with Gasteiger partial charge in [0, 0.05) is 17.5 Å². The second kappa shape index (κ2) is 3.75. The van der Waals surface area contributed by atoms with Crippen LogP contribution in [-0.4, -0.2) is 24.4 Å². The van der Waals surface area contributed by atoms with Crippen LogP contribution in [0.2, 0.25) is 0 Å². The molecule has 3 rings (SSSR count). The molecule has 1 saturated carbocycles. The molecule has 98 valence electrons. The van der Waals surface area contributed by atoms with E-state index in [0.717, 1.165) is 12.8 Å². The lowest BCUT2D eigenvalue weighted by molar-refractivity contribution is 0.166. The van der Waals surface area contributed by atoms with Gasteiger partial charge < -0.3 is 20.3 Å². The van der Waals surface area contributed by atoms with E-state index in [-0.39, 0.29) is 17.2 Å². The molecule has 1 atom stereocenters. The quantitative estimate of drug-likeness (QED) is 0.841. The first-order valence-corrected chi connectivity index (χ1v) is 6.13. The normalized spacial score (nSPS) is 21.5. The Bertz CT molecular complexity index is 497. The average molecular weight is 253 g/mol. The Morgan fingerprint density at radius 1 is 1.39 bits per heavy atom. The molecule has 18 heavy (non-hydrogen) atoms. The fourth-order valence-electron chi connectivity index (χ4n) is 2.67. The van der Waals surface area contributed by atoms with Gasteiger partial charge in [0.1, 0.15) is 13.2 Å². The Morgan fingerprint density at radius 3 is 2.67 bits per heavy atom. The Balaban J connectivity index is 2.21. The maximum Gasteiger partial charge on any atom is 0.169 e. The number of phenolic OH excluding ortho intramolecular Hbond substituents is 1. The van der Waals surface area contributed by atoms with Gasteiger partial charge in [-0.2, -0.15) is 0 Å². The van der Waals surface area contributed by atoms with Crippen molar-refractivity contribution in [3.8, 4) is 17.2 Å². The minimum atomic E-state index is -0.679. The van der Waals surface area contributed by atoms with Crippen LogP contribution in [0.5, 0.6) is 17.2 Å². The van der Waals surface area contributed by atoms with Crippen LogP contribution in [0, 0.1) is 5.82 Å². The van der Waals surface area contributed by atoms with Gasteiger partial charge in [0.25, 0.3) is 0 Å². The SMILES string of the molecule is CC(N)C1(c2c(O)c(F)cc3c2OCCO3)CC1. The van der Waals surface area contributed by atoms with Crippen molar-refractivity contribution in [1.29, 1.82) is 0 Å². The molecule has 1 aliphatic carbocycles. The van der Waals surface area contributed by atoms with Crippen LogP contribution in [0.1, 0.15) is 25.3 Å². The summed E-state index contributed by atoms with van der Waals surface area (Å²) in [5.41, 5.74) is 6.09. The molecule has 1 unspecified atom stereocenters. The Kier molecular flexibility index (Phi) is 2.41. The third kappa shape index (κ3) is 1.47. The van der Waals surface area contributed by atoms with Gasteiger partial charge in [0.15, 0.2) is 23.1 Å². The molecule has 0 radical (unpaired) electrons. The molecule has 2 aliphatic rings. The zero-order valence-electron chi connectivity index (χ0n) is 10.2. The van der Waals surface area contributed by atoms with E-state index in [4.69, 9.17) is 15.2 Å². The van der Waals surface area contributed by atoms with Gasteiger partial charge in [-0.1, -0.05) is 0 Å². The van der Waals surface area contributed by atoms with E-state index in [2.05, 4.69) is 0 Å². The first kappa shape index (κ1) is 11.6. The summed E-state index contributed by atoms with van der Waals surface area (Å²) in [5, 5.41) is 10.0. The molecule has 1 aromatic rings. The van der Waals surface area contributed by atoms with Crippen molar-refractivity contribution >= 4 is 0 Å². The molecule has 1 aliphatic heterocycles. The molecular formula is C13H16FNO3. The van der Waals surface area contributed by atoms with Crippen molar-refractivity contribution in [3.05, 3.63) is 17.4 Å². The van der Waals surface area contributed by atoms with E-state index in [0.29, 0.717) is 30.3 Å². The summed E-state index contributed by atoms with van der Waals surface area (Å²) in [6, 6.07) is 1.00. The summed E-state index contributed by atoms with van der Waals surface area (Å²) < 4.78 is 24.7. The summed E-state index contributed by atoms with van der Waals surface area (Å²) in [6.45, 7) is 2.66. The molecule has 5 heteroatoms. The number of rotatable bonds is 2. The molecule has 1 fully saturated rings. The van der Waals surface area contributed by atoms with Gasteiger partial charge in [0.2, 0.25) is 0 Å². The molecule has 0 saturated heterocycles. The van der Waals surface area contributed by atoms with E-state index >= 15 is 0 Å². The number of benzene rings is 1. The first-order chi connectivity index (χ1) is 8.56. The number of halogens is 1. The van der Waals surface area contributed by atoms with E-state index in [1.807, 2.05) is 6.92 Å². The highest BCUT2D eigenvalue weighted by atomic mass is 19.1. The fourth-order valence-corrected chi connectivity index (χ4v) is 2.67. The van der Waals surface area contributed by atoms with Crippen LogP contribution >= 0.6 is 0 Å². The largest absolute Gasteiger partial charge is 0.505 e. The molecule has 3 N–H and O–H groups in total. The molecule has 0 aromatic heterocycles. The van der Waals surface area contributed by atoms with Gasteiger partial charge in [-0.05, 0) is 19.8 Å². The Hall–Kier alpha value is -1.49. The van der Waals surface area contributed by atoms with Crippen molar-refractivity contribution < 1.29 is 19.0 Å². The molecule has 0 bridgehead atoms. The van der Waals surface area contributed by atoms with Crippen molar-refractivity contribution in [2.45, 2.75) is 31.2 Å². The number of phenols is 1. The number of nitrogens with two attached hydrogens (primary N) is 1. The predicted molar refractivity (Wildman–Crippen MR) is 63.6 cm³/mol. The van der Waals surface area contributed by atoms with E-state index < -0.39 is 5.82 Å². The fraction of sp³-hybridized carbons (Fsp3) is 0.538. The van der Waals surface area contributed by atoms with Crippen molar-refractivity contribution in [1.82, 2.24) is 0 Å². The van der Waals surface area contributed by atoms with E-state index in [9.17, 15) is 9.50 Å². The summed E-state index contributed by atoms with van der Waals surface area (Å²) >= 11 is 0. The summed E-state index contributed by atoms with van der Waals surface area (Å²) in [5.74, 6) is -0.219. The van der Waals surface area contributed by atoms with Crippen LogP contribution in [0.4, 0.5) is 4.39 Å². The predicted octanol–water partition coefficient (Wildman–Crippen LogP) is 1.68. The van der Waals surface area contributed by atoms with E-state index in [1.54, 1.807) is 0 Å². The molecule has 1 heterocycles. The van der Waals surface area contributed by atoms with Gasteiger partial charge >= 0.3 is 0 Å². The van der Waals surface area contributed by atoms with Crippen LogP contribution in [0.25, 0.3) is 0 Å². The first-order valence-electron chi connectivity index (χ1n) is 6.13. The molecular weight excluding hydrogens is 237 g/mol. The van der Waals surface area contributed by atoms with Gasteiger partial charge in [0.05, 0.1) is 5.56 Å². The lowest BCUT2D eigenvalue weighted by Gasteiger charge is -2.28. The number of ether oxygens (including phenoxy) is 2. The molecule has 4 nitrogen and oxygen atoms in total. The van der Waals surface area contributed by atoms with Gasteiger partial charge in [-0.25, -0.2) is 4.39 Å². The number of fused-ring (bicyclic) bond motifs is 1. The molecule has 1 aromatic carbocycles. The average Bonchev–Trinajstić information content (AvgIpc) is 3.12. The van der Waals surface area contributed by atoms with Gasteiger partial charge in [-0.3, -0.25) is 0 Å². The summed E-state index contributed by atoms with van der Waals surface area (Å²) in [7, 11) is 0. The monoisotopic (exact) mass is 253 g/mol. The summed E-state index contributed by atoms with van der Waals surface area (Å²) in [6.07, 6.45) is 1.66.